The topological polar surface area (TPSA) is 101 Å². The van der Waals surface area contributed by atoms with Gasteiger partial charge < -0.3 is 16.4 Å². The summed E-state index contributed by atoms with van der Waals surface area (Å²) in [4.78, 5) is 35.7. The third kappa shape index (κ3) is 8.38. The highest BCUT2D eigenvalue weighted by Crippen LogP contribution is 2.17. The molecule has 0 aromatic carbocycles. The molecule has 2 atom stereocenters. The van der Waals surface area contributed by atoms with Crippen molar-refractivity contribution in [2.24, 2.45) is 11.7 Å². The Bertz CT molecular complexity index is 386. The number of nitrogens with one attached hydrogen (secondary N) is 2. The van der Waals surface area contributed by atoms with E-state index < -0.39 is 11.3 Å². The van der Waals surface area contributed by atoms with Gasteiger partial charge in [-0.25, -0.2) is 0 Å². The highest BCUT2D eigenvalue weighted by molar-refractivity contribution is 8.00. The number of amides is 2. The second kappa shape index (κ2) is 10.6. The van der Waals surface area contributed by atoms with Crippen LogP contribution in [-0.4, -0.2) is 47.2 Å². The van der Waals surface area contributed by atoms with E-state index in [-0.39, 0.29) is 36.0 Å². The number of hydrogen-bond donors (Lipinski definition) is 3. The summed E-state index contributed by atoms with van der Waals surface area (Å²) < 4.78 is 0. The van der Waals surface area contributed by atoms with E-state index >= 15 is 0 Å². The molecular formula is C15H29N3O3S. The fourth-order valence-corrected chi connectivity index (χ4v) is 2.90. The van der Waals surface area contributed by atoms with Gasteiger partial charge in [0.2, 0.25) is 11.8 Å². The third-order valence-corrected chi connectivity index (χ3v) is 4.21. The lowest BCUT2D eigenvalue weighted by Crippen LogP contribution is -2.41. The first-order valence-electron chi connectivity index (χ1n) is 7.66. The molecule has 0 bridgehead atoms. The number of hydrogen-bond acceptors (Lipinski definition) is 5. The van der Waals surface area contributed by atoms with E-state index in [1.165, 1.54) is 11.8 Å². The van der Waals surface area contributed by atoms with Gasteiger partial charge in [0.1, 0.15) is 0 Å². The van der Waals surface area contributed by atoms with Crippen LogP contribution in [-0.2, 0) is 14.4 Å². The molecule has 0 aliphatic carbocycles. The van der Waals surface area contributed by atoms with E-state index in [0.717, 1.165) is 0 Å². The molecule has 7 heteroatoms. The van der Waals surface area contributed by atoms with Gasteiger partial charge in [-0.1, -0.05) is 13.8 Å². The van der Waals surface area contributed by atoms with Gasteiger partial charge in [-0.3, -0.25) is 14.4 Å². The van der Waals surface area contributed by atoms with Gasteiger partial charge in [0, 0.05) is 30.7 Å². The summed E-state index contributed by atoms with van der Waals surface area (Å²) in [6, 6.07) is -0.591. The van der Waals surface area contributed by atoms with E-state index in [1.807, 2.05) is 20.8 Å². The second-order valence-electron chi connectivity index (χ2n) is 5.81. The Morgan fingerprint density at radius 1 is 1.14 bits per heavy atom. The summed E-state index contributed by atoms with van der Waals surface area (Å²) in [6.07, 6.45) is 0.0806. The average molecular weight is 331 g/mol. The predicted molar refractivity (Wildman–Crippen MR) is 90.6 cm³/mol. The van der Waals surface area contributed by atoms with Gasteiger partial charge in [-0.2, -0.15) is 0 Å². The van der Waals surface area contributed by atoms with Crippen molar-refractivity contribution in [2.45, 2.75) is 58.4 Å². The molecule has 0 aliphatic rings. The number of ketones is 1. The van der Waals surface area contributed by atoms with Crippen molar-refractivity contribution in [1.82, 2.24) is 10.6 Å². The molecule has 0 rings (SSSR count). The molecule has 0 aliphatic heterocycles. The molecule has 0 saturated heterocycles. The minimum Gasteiger partial charge on any atom is -0.355 e. The summed E-state index contributed by atoms with van der Waals surface area (Å²) in [7, 11) is 0. The summed E-state index contributed by atoms with van der Waals surface area (Å²) in [5.41, 5.74) is 5.85. The van der Waals surface area contributed by atoms with Crippen molar-refractivity contribution in [3.8, 4) is 0 Å². The monoisotopic (exact) mass is 331 g/mol. The predicted octanol–water partition coefficient (Wildman–Crippen LogP) is 0.691. The van der Waals surface area contributed by atoms with Crippen LogP contribution < -0.4 is 16.4 Å². The lowest BCUT2D eigenvalue weighted by Gasteiger charge is -2.19. The smallest absolute Gasteiger partial charge is 0.233 e. The van der Waals surface area contributed by atoms with Gasteiger partial charge in [0.25, 0.3) is 0 Å². The van der Waals surface area contributed by atoms with Crippen molar-refractivity contribution in [3.05, 3.63) is 0 Å². The van der Waals surface area contributed by atoms with Crippen molar-refractivity contribution in [3.63, 3.8) is 0 Å². The molecule has 0 radical (unpaired) electrons. The van der Waals surface area contributed by atoms with Crippen LogP contribution in [0.5, 0.6) is 0 Å². The highest BCUT2D eigenvalue weighted by Gasteiger charge is 2.25. The van der Waals surface area contributed by atoms with Crippen molar-refractivity contribution >= 4 is 29.4 Å². The van der Waals surface area contributed by atoms with E-state index in [0.29, 0.717) is 12.3 Å². The quantitative estimate of drug-likeness (QED) is 0.547. The van der Waals surface area contributed by atoms with Gasteiger partial charge in [-0.15, -0.1) is 11.8 Å². The summed E-state index contributed by atoms with van der Waals surface area (Å²) in [5, 5.41) is 4.95. The number of rotatable bonds is 10. The van der Waals surface area contributed by atoms with Crippen LogP contribution in [0.25, 0.3) is 0 Å². The van der Waals surface area contributed by atoms with E-state index in [4.69, 9.17) is 5.73 Å². The summed E-state index contributed by atoms with van der Waals surface area (Å²) >= 11 is 1.26. The largest absolute Gasteiger partial charge is 0.355 e. The number of Topliss-reactive ketones (excluding diaryl/α,β-unsaturated/α-hetero) is 1. The molecule has 0 aromatic rings. The summed E-state index contributed by atoms with van der Waals surface area (Å²) in [5.74, 6) is -0.219. The van der Waals surface area contributed by atoms with Crippen LogP contribution >= 0.6 is 11.8 Å². The van der Waals surface area contributed by atoms with E-state index in [1.54, 1.807) is 13.8 Å². The van der Waals surface area contributed by atoms with Crippen LogP contribution in [0.2, 0.25) is 0 Å². The van der Waals surface area contributed by atoms with Gasteiger partial charge >= 0.3 is 0 Å². The van der Waals surface area contributed by atoms with Crippen LogP contribution in [0.4, 0.5) is 0 Å². The van der Waals surface area contributed by atoms with E-state index in [2.05, 4.69) is 10.6 Å². The van der Waals surface area contributed by atoms with Crippen LogP contribution in [0.15, 0.2) is 0 Å². The average Bonchev–Trinajstić information content (AvgIpc) is 2.41. The van der Waals surface area contributed by atoms with Crippen LogP contribution in [0, 0.1) is 5.92 Å². The maximum absolute atomic E-state index is 12.0. The molecule has 0 spiro atoms. The number of nitrogens with two attached hydrogens (primary N) is 1. The first-order chi connectivity index (χ1) is 10.2. The molecule has 0 saturated carbocycles. The Hall–Kier alpha value is -1.08. The van der Waals surface area contributed by atoms with Crippen molar-refractivity contribution < 1.29 is 14.4 Å². The zero-order valence-corrected chi connectivity index (χ0v) is 15.0. The van der Waals surface area contributed by atoms with Crippen LogP contribution in [0.3, 0.4) is 0 Å². The number of carbonyl (C=O) groups excluding carboxylic acids is 3. The Kier molecular flexibility index (Phi) is 10.1. The molecule has 2 amide bonds. The third-order valence-electron chi connectivity index (χ3n) is 2.88. The maximum Gasteiger partial charge on any atom is 0.233 e. The molecule has 128 valence electrons. The molecule has 4 N–H and O–H groups in total. The molecular weight excluding hydrogens is 302 g/mol. The first-order valence-corrected chi connectivity index (χ1v) is 8.71. The Balaban J connectivity index is 4.63. The zero-order chi connectivity index (χ0) is 17.3. The molecule has 0 aromatic heterocycles. The van der Waals surface area contributed by atoms with E-state index in [9.17, 15) is 14.4 Å². The lowest BCUT2D eigenvalue weighted by atomic mass is 10.0. The second-order valence-corrected chi connectivity index (χ2v) is 7.04. The van der Waals surface area contributed by atoms with Gasteiger partial charge in [0.05, 0.1) is 11.3 Å². The Morgan fingerprint density at radius 3 is 2.18 bits per heavy atom. The zero-order valence-electron chi connectivity index (χ0n) is 14.1. The molecule has 6 nitrogen and oxygen atoms in total. The molecule has 22 heavy (non-hydrogen) atoms. The first kappa shape index (κ1) is 20.9. The minimum atomic E-state index is -0.616. The number of carbonyl (C=O) groups is 3. The fourth-order valence-electron chi connectivity index (χ4n) is 1.79. The molecule has 1 unspecified atom stereocenters. The summed E-state index contributed by atoms with van der Waals surface area (Å²) in [6.45, 7) is 9.64. The fraction of sp³-hybridized carbons (Fsp3) is 0.800. The Labute approximate surface area is 137 Å². The number of thioether (sulfide) groups is 1. The lowest BCUT2D eigenvalue weighted by molar-refractivity contribution is -0.126. The highest BCUT2D eigenvalue weighted by atomic mass is 32.2. The Morgan fingerprint density at radius 2 is 1.73 bits per heavy atom. The van der Waals surface area contributed by atoms with Gasteiger partial charge in [0.15, 0.2) is 5.78 Å². The minimum absolute atomic E-state index is 0.0252. The SMILES string of the molecule is CCNC(=O)C(CC(=O)NC(C)C)SC[C@H](N)C(=O)C(C)C. The molecule has 0 fully saturated rings. The standard InChI is InChI=1S/C15H29N3O3S/c1-6-17-15(21)12(7-13(19)18-10(4)5)22-8-11(16)14(20)9(2)3/h9-12H,6-8,16H2,1-5H3,(H,17,21)(H,18,19)/t11-,12?/m0/s1. The van der Waals surface area contributed by atoms with Crippen molar-refractivity contribution in [1.29, 1.82) is 0 Å². The van der Waals surface area contributed by atoms with Gasteiger partial charge in [-0.05, 0) is 20.8 Å². The normalized spacial score (nSPS) is 13.8. The maximum atomic E-state index is 12.0. The van der Waals surface area contributed by atoms with Crippen LogP contribution in [0.1, 0.15) is 41.0 Å². The van der Waals surface area contributed by atoms with Crippen molar-refractivity contribution in [2.75, 3.05) is 12.3 Å². The molecule has 0 heterocycles.